The molecule has 0 aliphatic rings. The molecule has 0 amide bonds. The van der Waals surface area contributed by atoms with Gasteiger partial charge in [0.1, 0.15) is 12.7 Å². The van der Waals surface area contributed by atoms with Crippen molar-refractivity contribution >= 4 is 19.8 Å². The Kier molecular flexibility index (Phi) is 46.7. The number of aliphatic hydroxyl groups excluding tert-OH is 2. The number of aliphatic hydroxyl groups is 2. The predicted octanol–water partition coefficient (Wildman–Crippen LogP) is 14.7. The molecule has 0 aliphatic heterocycles. The lowest BCUT2D eigenvalue weighted by molar-refractivity contribution is -0.161. The molecule has 0 aromatic carbocycles. The largest absolute Gasteiger partial charge is 0.472 e. The van der Waals surface area contributed by atoms with E-state index in [1.165, 1.54) is 154 Å². The average Bonchev–Trinajstić information content (AvgIpc) is 3.27. The zero-order chi connectivity index (χ0) is 46.2. The maximum Gasteiger partial charge on any atom is 0.472 e. The van der Waals surface area contributed by atoms with Gasteiger partial charge in [0.15, 0.2) is 6.10 Å². The van der Waals surface area contributed by atoms with E-state index in [9.17, 15) is 24.2 Å². The number of carbonyl (C=O) groups excluding carboxylic acids is 2. The molecule has 0 fully saturated rings. The van der Waals surface area contributed by atoms with Crippen LogP contribution in [0.1, 0.15) is 245 Å². The van der Waals surface area contributed by atoms with Gasteiger partial charge in [0.25, 0.3) is 0 Å². The lowest BCUT2D eigenvalue weighted by Crippen LogP contribution is -2.29. The Balaban J connectivity index is 4.16. The minimum absolute atomic E-state index is 0.180. The fourth-order valence-corrected chi connectivity index (χ4v) is 8.04. The van der Waals surface area contributed by atoms with Gasteiger partial charge in [-0.3, -0.25) is 18.6 Å². The number of ether oxygens (including phenoxy) is 2. The van der Waals surface area contributed by atoms with Crippen molar-refractivity contribution in [2.75, 3.05) is 26.4 Å². The monoisotopic (exact) mass is 913 g/mol. The van der Waals surface area contributed by atoms with Crippen LogP contribution in [-0.4, -0.2) is 65.7 Å². The van der Waals surface area contributed by atoms with Crippen molar-refractivity contribution in [2.45, 2.75) is 257 Å². The summed E-state index contributed by atoms with van der Waals surface area (Å²) in [6.07, 6.45) is 52.5. The van der Waals surface area contributed by atoms with Crippen molar-refractivity contribution in [1.29, 1.82) is 0 Å². The summed E-state index contributed by atoms with van der Waals surface area (Å²) in [7, 11) is -4.62. The van der Waals surface area contributed by atoms with Crippen molar-refractivity contribution in [2.24, 2.45) is 0 Å². The molecule has 0 spiro atoms. The molecule has 10 nitrogen and oxygen atoms in total. The Morgan fingerprint density at radius 3 is 1.27 bits per heavy atom. The first-order chi connectivity index (χ1) is 30.7. The number of hydrogen-bond donors (Lipinski definition) is 3. The van der Waals surface area contributed by atoms with Gasteiger partial charge in [0, 0.05) is 12.8 Å². The van der Waals surface area contributed by atoms with Gasteiger partial charge < -0.3 is 24.6 Å². The van der Waals surface area contributed by atoms with E-state index in [0.29, 0.717) is 12.8 Å². The van der Waals surface area contributed by atoms with E-state index < -0.39 is 51.8 Å². The molecule has 63 heavy (non-hydrogen) atoms. The quantitative estimate of drug-likeness (QED) is 0.0233. The molecule has 0 aliphatic carbocycles. The van der Waals surface area contributed by atoms with Gasteiger partial charge in [0.05, 0.1) is 19.8 Å². The summed E-state index contributed by atoms with van der Waals surface area (Å²) >= 11 is 0. The molecule has 0 saturated carbocycles. The van der Waals surface area contributed by atoms with Crippen LogP contribution in [0.4, 0.5) is 0 Å². The third kappa shape index (κ3) is 48.0. The van der Waals surface area contributed by atoms with E-state index in [-0.39, 0.29) is 19.4 Å². The highest BCUT2D eigenvalue weighted by atomic mass is 31.2. The van der Waals surface area contributed by atoms with E-state index in [0.717, 1.165) is 51.4 Å². The summed E-state index contributed by atoms with van der Waals surface area (Å²) in [5.74, 6) is -0.921. The Morgan fingerprint density at radius 2 is 0.825 bits per heavy atom. The van der Waals surface area contributed by atoms with Crippen LogP contribution < -0.4 is 0 Å². The summed E-state index contributed by atoms with van der Waals surface area (Å²) < 4.78 is 32.9. The molecule has 3 N–H and O–H groups in total. The maximum atomic E-state index is 12.7. The van der Waals surface area contributed by atoms with E-state index in [1.54, 1.807) is 0 Å². The fraction of sp³-hybridized carbons (Fsp3) is 0.846. The number of phosphoric acid groups is 1. The SMILES string of the molecule is CCCCC/C=C/C/C=C/CCCCCCCCCCCC(=O)O[C@H](COC(=O)CCCCCCCCCCCCC/C=C/CCCCCCCC)COP(=O)(O)OC[C@@H](O)CO. The molecule has 0 heterocycles. The molecular weight excluding hydrogens is 816 g/mol. The standard InChI is InChI=1S/C52H97O10P/c1-3-5-7-9-11-13-15-17-19-21-23-24-26-27-29-31-33-35-37-39-41-43-51(55)59-47-50(48-61-63(57,58)60-46-49(54)45-53)62-52(56)44-42-40-38-36-34-32-30-28-25-22-20-18-16-14-12-10-8-6-4-2/h12,14,17-20,49-50,53-54H,3-11,13,15-16,21-48H2,1-2H3,(H,57,58)/b14-12+,19-17+,20-18+/t49-,50+/m0/s1. The van der Waals surface area contributed by atoms with Gasteiger partial charge in [-0.05, 0) is 70.6 Å². The Labute approximate surface area is 386 Å². The lowest BCUT2D eigenvalue weighted by atomic mass is 10.0. The van der Waals surface area contributed by atoms with Crippen LogP contribution in [0.3, 0.4) is 0 Å². The van der Waals surface area contributed by atoms with E-state index >= 15 is 0 Å². The lowest BCUT2D eigenvalue weighted by Gasteiger charge is -2.20. The third-order valence-electron chi connectivity index (χ3n) is 11.3. The van der Waals surface area contributed by atoms with Crippen LogP contribution in [0.25, 0.3) is 0 Å². The van der Waals surface area contributed by atoms with Crippen LogP contribution in [0.2, 0.25) is 0 Å². The van der Waals surface area contributed by atoms with E-state index in [4.69, 9.17) is 23.6 Å². The number of carbonyl (C=O) groups is 2. The first-order valence-corrected chi connectivity index (χ1v) is 27.4. The summed E-state index contributed by atoms with van der Waals surface area (Å²) in [5.41, 5.74) is 0. The first kappa shape index (κ1) is 61.2. The summed E-state index contributed by atoms with van der Waals surface area (Å²) in [5, 5.41) is 18.4. The zero-order valence-corrected chi connectivity index (χ0v) is 41.4. The smallest absolute Gasteiger partial charge is 0.462 e. The number of phosphoric ester groups is 1. The van der Waals surface area contributed by atoms with Crippen molar-refractivity contribution in [3.05, 3.63) is 36.5 Å². The van der Waals surface area contributed by atoms with Gasteiger partial charge >= 0.3 is 19.8 Å². The Hall–Kier alpha value is -1.81. The molecule has 0 radical (unpaired) electrons. The number of rotatable bonds is 49. The average molecular weight is 913 g/mol. The highest BCUT2D eigenvalue weighted by Gasteiger charge is 2.27. The van der Waals surface area contributed by atoms with Crippen LogP contribution in [0, 0.1) is 0 Å². The number of esters is 2. The highest BCUT2D eigenvalue weighted by molar-refractivity contribution is 7.47. The van der Waals surface area contributed by atoms with Gasteiger partial charge in [-0.2, -0.15) is 0 Å². The van der Waals surface area contributed by atoms with Crippen molar-refractivity contribution in [1.82, 2.24) is 0 Å². The van der Waals surface area contributed by atoms with Crippen LogP contribution in [-0.2, 0) is 32.7 Å². The third-order valence-corrected chi connectivity index (χ3v) is 12.2. The first-order valence-electron chi connectivity index (χ1n) is 25.9. The molecule has 370 valence electrons. The second kappa shape index (κ2) is 48.1. The van der Waals surface area contributed by atoms with Gasteiger partial charge in [-0.15, -0.1) is 0 Å². The highest BCUT2D eigenvalue weighted by Crippen LogP contribution is 2.43. The Morgan fingerprint density at radius 1 is 0.476 bits per heavy atom. The van der Waals surface area contributed by atoms with Gasteiger partial charge in [0.2, 0.25) is 0 Å². The minimum Gasteiger partial charge on any atom is -0.462 e. The van der Waals surface area contributed by atoms with E-state index in [2.05, 4.69) is 50.3 Å². The molecule has 0 bridgehead atoms. The van der Waals surface area contributed by atoms with Crippen LogP contribution >= 0.6 is 7.82 Å². The second-order valence-corrected chi connectivity index (χ2v) is 19.0. The topological polar surface area (TPSA) is 149 Å². The molecule has 11 heteroatoms. The molecule has 0 aromatic rings. The van der Waals surface area contributed by atoms with Crippen molar-refractivity contribution in [3.63, 3.8) is 0 Å². The molecule has 1 unspecified atom stereocenters. The molecule has 0 rings (SSSR count). The molecule has 0 saturated heterocycles. The Bertz CT molecular complexity index is 1140. The molecule has 0 aromatic heterocycles. The maximum absolute atomic E-state index is 12.7. The summed E-state index contributed by atoms with van der Waals surface area (Å²) in [4.78, 5) is 35.2. The molecule has 3 atom stereocenters. The normalized spacial score (nSPS) is 13.9. The van der Waals surface area contributed by atoms with E-state index in [1.807, 2.05) is 0 Å². The number of allylic oxidation sites excluding steroid dienone is 6. The zero-order valence-electron chi connectivity index (χ0n) is 40.5. The summed E-state index contributed by atoms with van der Waals surface area (Å²) in [6.45, 7) is 2.39. The predicted molar refractivity (Wildman–Crippen MR) is 261 cm³/mol. The number of hydrogen-bond acceptors (Lipinski definition) is 9. The summed E-state index contributed by atoms with van der Waals surface area (Å²) in [6, 6.07) is 0. The van der Waals surface area contributed by atoms with Gasteiger partial charge in [-0.1, -0.05) is 198 Å². The van der Waals surface area contributed by atoms with Crippen LogP contribution in [0.15, 0.2) is 36.5 Å². The molecular formula is C52H97O10P. The van der Waals surface area contributed by atoms with Crippen LogP contribution in [0.5, 0.6) is 0 Å². The fourth-order valence-electron chi connectivity index (χ4n) is 7.26. The van der Waals surface area contributed by atoms with Crippen molar-refractivity contribution in [3.8, 4) is 0 Å². The second-order valence-electron chi connectivity index (χ2n) is 17.5. The van der Waals surface area contributed by atoms with Crippen molar-refractivity contribution < 1.29 is 47.8 Å². The van der Waals surface area contributed by atoms with Gasteiger partial charge in [-0.25, -0.2) is 4.57 Å². The minimum atomic E-state index is -4.62. The number of unbranched alkanes of at least 4 members (excludes halogenated alkanes) is 29.